The average molecular weight is 819 g/mol. The van der Waals surface area contributed by atoms with Crippen molar-refractivity contribution in [3.8, 4) is 16.9 Å². The van der Waals surface area contributed by atoms with Gasteiger partial charge in [0.25, 0.3) is 0 Å². The smallest absolute Gasteiger partial charge is 0.430 e. The molecule has 59 heavy (non-hydrogen) atoms. The Morgan fingerprint density at radius 1 is 0.966 bits per heavy atom. The summed E-state index contributed by atoms with van der Waals surface area (Å²) in [5.74, 6) is -2.84. The Morgan fingerprint density at radius 2 is 1.66 bits per heavy atom. The van der Waals surface area contributed by atoms with E-state index in [4.69, 9.17) is 14.6 Å². The molecule has 2 amide bonds. The fourth-order valence-corrected chi connectivity index (χ4v) is 6.45. The largest absolute Gasteiger partial charge is 0.542 e. The molecule has 17 heteroatoms. The highest BCUT2D eigenvalue weighted by molar-refractivity contribution is 5.92. The normalized spacial score (nSPS) is 14.4. The van der Waals surface area contributed by atoms with Crippen LogP contribution in [-0.2, 0) is 27.3 Å². The van der Waals surface area contributed by atoms with E-state index in [9.17, 15) is 37.8 Å². The van der Waals surface area contributed by atoms with Crippen LogP contribution in [0.4, 0.5) is 29.5 Å². The molecule has 2 aromatic heterocycles. The average Bonchev–Trinajstić information content (AvgIpc) is 3.19. The maximum absolute atomic E-state index is 13.0. The number of benzene rings is 3. The number of hydrogen-bond acceptors (Lipinski definition) is 10. The third kappa shape index (κ3) is 12.8. The molecule has 0 spiro atoms. The number of carbonyl (C=O) groups excluding carboxylic acids is 3. The van der Waals surface area contributed by atoms with Crippen molar-refractivity contribution >= 4 is 40.4 Å². The van der Waals surface area contributed by atoms with Crippen molar-refractivity contribution in [2.75, 3.05) is 44.4 Å². The number of aryl methyl sites for hydroxylation is 1. The van der Waals surface area contributed by atoms with Gasteiger partial charge in [-0.2, -0.15) is 13.2 Å². The lowest BCUT2D eigenvalue weighted by Gasteiger charge is -2.36. The van der Waals surface area contributed by atoms with E-state index in [2.05, 4.69) is 40.0 Å². The maximum Gasteiger partial charge on any atom is 0.430 e. The van der Waals surface area contributed by atoms with Crippen LogP contribution in [0.1, 0.15) is 42.1 Å². The Labute approximate surface area is 337 Å². The number of aliphatic hydroxyl groups excluding tert-OH is 1. The van der Waals surface area contributed by atoms with Gasteiger partial charge < -0.3 is 45.0 Å². The summed E-state index contributed by atoms with van der Waals surface area (Å²) in [6.07, 6.45) is -2.69. The van der Waals surface area contributed by atoms with Gasteiger partial charge in [-0.15, -0.1) is 0 Å². The molecule has 5 aromatic rings. The number of alkyl halides is 3. The molecule has 1 aliphatic heterocycles. The van der Waals surface area contributed by atoms with Crippen LogP contribution < -0.4 is 26.6 Å². The van der Waals surface area contributed by atoms with Crippen LogP contribution in [0.3, 0.4) is 0 Å². The summed E-state index contributed by atoms with van der Waals surface area (Å²) in [4.78, 5) is 53.3. The number of nitrogens with zero attached hydrogens (tertiary/aromatic N) is 2. The van der Waals surface area contributed by atoms with Gasteiger partial charge in [0.05, 0.1) is 44.5 Å². The zero-order valence-electron chi connectivity index (χ0n) is 32.3. The number of carboxylic acids is 1. The van der Waals surface area contributed by atoms with Gasteiger partial charge >= 0.3 is 12.3 Å². The number of aromatic amines is 1. The molecule has 3 aromatic carbocycles. The highest BCUT2D eigenvalue weighted by Crippen LogP contribution is 2.31. The van der Waals surface area contributed by atoms with Crippen LogP contribution >= 0.6 is 0 Å². The molecule has 0 radical (unpaired) electrons. The van der Waals surface area contributed by atoms with Crippen molar-refractivity contribution in [3.05, 3.63) is 118 Å². The number of aliphatic carboxylic acids is 1. The van der Waals surface area contributed by atoms with Gasteiger partial charge in [-0.25, -0.2) is 9.78 Å². The number of H-pyrrole nitrogens is 1. The van der Waals surface area contributed by atoms with Crippen molar-refractivity contribution in [1.82, 2.24) is 15.3 Å². The summed E-state index contributed by atoms with van der Waals surface area (Å²) in [7, 11) is 4.37. The summed E-state index contributed by atoms with van der Waals surface area (Å²) in [6.45, 7) is 2.56. The summed E-state index contributed by atoms with van der Waals surface area (Å²) in [5.41, 5.74) is 4.73. The Kier molecular flexibility index (Phi) is 14.4. The van der Waals surface area contributed by atoms with E-state index in [0.29, 0.717) is 35.4 Å². The quantitative estimate of drug-likeness (QED) is 0.0951. The second-order valence-electron chi connectivity index (χ2n) is 14.7. The fourth-order valence-electron chi connectivity index (χ4n) is 6.45. The topological polar surface area (TPSA) is 206 Å². The van der Waals surface area contributed by atoms with Crippen molar-refractivity contribution in [2.45, 2.75) is 50.6 Å². The predicted octanol–water partition coefficient (Wildman–Crippen LogP) is 4.78. The number of aliphatic hydroxyl groups is 1. The van der Waals surface area contributed by atoms with Crippen molar-refractivity contribution in [3.63, 3.8) is 0 Å². The molecule has 3 heterocycles. The standard InChI is InChI=1S/C40H44N6O6.C2HF3O2/c1-46(2)20-18-29(19-21-46)52-40(51)43-33-22-26(8-11-30(33)28-6-4-3-5-7-28)10-16-37(49)44-36-15-9-27(24-42-36)23-41-25-35(48)31-12-14-34(47)39-32(31)13-17-38(50)45-39;3-2(4,5)1(6)7/h3-9,11-15,17,22,24,29,35,41,48H,10,16,18-21,23,25H2,1-2H3,(H3-,42,43,44,45,47,49,50,51);(H,6,7)/t35-;/m0./s1. The second-order valence-corrected chi connectivity index (χ2v) is 14.7. The second kappa shape index (κ2) is 19.4. The first-order valence-corrected chi connectivity index (χ1v) is 18.7. The molecule has 14 nitrogen and oxygen atoms in total. The number of nitrogens with one attached hydrogen (secondary N) is 4. The number of halogens is 3. The first kappa shape index (κ1) is 43.8. The Balaban J connectivity index is 0.000000867. The molecule has 0 saturated carbocycles. The van der Waals surface area contributed by atoms with E-state index < -0.39 is 24.3 Å². The molecule has 6 rings (SSSR count). The summed E-state index contributed by atoms with van der Waals surface area (Å²) < 4.78 is 38.3. The third-order valence-corrected chi connectivity index (χ3v) is 9.69. The Hall–Kier alpha value is -6.30. The van der Waals surface area contributed by atoms with E-state index in [-0.39, 0.29) is 41.8 Å². The van der Waals surface area contributed by atoms with E-state index in [1.165, 1.54) is 12.1 Å². The van der Waals surface area contributed by atoms with E-state index in [1.54, 1.807) is 24.4 Å². The lowest BCUT2D eigenvalue weighted by atomic mass is 9.99. The van der Waals surface area contributed by atoms with Crippen LogP contribution in [0, 0.1) is 0 Å². The number of aromatic nitrogens is 2. The number of carboxylic acid groups (broad SMARTS) is 1. The van der Waals surface area contributed by atoms with Crippen molar-refractivity contribution in [1.29, 1.82) is 0 Å². The van der Waals surface area contributed by atoms with E-state index in [1.807, 2.05) is 54.6 Å². The molecule has 0 aliphatic carbocycles. The number of ether oxygens (including phenoxy) is 1. The monoisotopic (exact) mass is 818 g/mol. The zero-order chi connectivity index (χ0) is 42.7. The van der Waals surface area contributed by atoms with E-state index in [0.717, 1.165) is 52.7 Å². The molecular formula is C42H45F3N6O8. The van der Waals surface area contributed by atoms with Crippen LogP contribution in [0.25, 0.3) is 22.0 Å². The molecule has 312 valence electrons. The summed E-state index contributed by atoms with van der Waals surface area (Å²) in [5, 5.41) is 39.3. The van der Waals surface area contributed by atoms with Crippen LogP contribution in [0.5, 0.6) is 5.75 Å². The van der Waals surface area contributed by atoms with Crippen LogP contribution in [0.2, 0.25) is 0 Å². The number of rotatable bonds is 12. The van der Waals surface area contributed by atoms with Gasteiger partial charge in [0.2, 0.25) is 11.5 Å². The highest BCUT2D eigenvalue weighted by Gasteiger charge is 2.29. The summed E-state index contributed by atoms with van der Waals surface area (Å²) >= 11 is 0. The lowest BCUT2D eigenvalue weighted by molar-refractivity contribution is -0.896. The van der Waals surface area contributed by atoms with Crippen molar-refractivity contribution in [2.24, 2.45) is 0 Å². The van der Waals surface area contributed by atoms with Gasteiger partial charge in [-0.3, -0.25) is 14.9 Å². The molecule has 1 atom stereocenters. The number of phenols is 1. The molecule has 0 unspecified atom stereocenters. The fraction of sp³-hybridized carbons (Fsp3) is 0.310. The van der Waals surface area contributed by atoms with Gasteiger partial charge in [0, 0.05) is 55.6 Å². The minimum absolute atomic E-state index is 0.0636. The minimum atomic E-state index is -5.19. The van der Waals surface area contributed by atoms with Crippen molar-refractivity contribution < 1.29 is 52.1 Å². The van der Waals surface area contributed by atoms with Gasteiger partial charge in [0.15, 0.2) is 0 Å². The predicted molar refractivity (Wildman–Crippen MR) is 212 cm³/mol. The minimum Gasteiger partial charge on any atom is -0.542 e. The van der Waals surface area contributed by atoms with Gasteiger partial charge in [-0.1, -0.05) is 54.6 Å². The Morgan fingerprint density at radius 3 is 2.32 bits per heavy atom. The number of amides is 2. The van der Waals surface area contributed by atoms with Gasteiger partial charge in [-0.05, 0) is 52.9 Å². The number of phenolic OH excluding ortho intramolecular Hbond substituents is 1. The number of pyridine rings is 2. The number of aromatic hydroxyl groups is 1. The molecule has 1 aliphatic rings. The van der Waals surface area contributed by atoms with Crippen LogP contribution in [-0.4, -0.2) is 88.6 Å². The third-order valence-electron chi connectivity index (χ3n) is 9.69. The number of hydrogen-bond donors (Lipinski definition) is 6. The molecule has 1 saturated heterocycles. The SMILES string of the molecule is C[N+]1(C)CCC(OC(=O)Nc2cc(CCC(=O)Nc3ccc(CNC[C@H](O)c4ccc(O)c5[nH]c(=O)ccc45)cn3)ccc2-c2ccccc2)CC1.O=C([O-])C(F)(F)F. The molecular weight excluding hydrogens is 773 g/mol. The Bertz CT molecular complexity index is 2290. The summed E-state index contributed by atoms with van der Waals surface area (Å²) in [6, 6.07) is 25.2. The van der Waals surface area contributed by atoms with Crippen LogP contribution in [0.15, 0.2) is 95.9 Å². The highest BCUT2D eigenvalue weighted by atomic mass is 19.4. The first-order chi connectivity index (χ1) is 28.0. The molecule has 0 bridgehead atoms. The zero-order valence-corrected chi connectivity index (χ0v) is 32.3. The lowest BCUT2D eigenvalue weighted by Crippen LogP contribution is -2.48. The number of anilines is 2. The number of fused-ring (bicyclic) bond motifs is 1. The maximum atomic E-state index is 13.0. The van der Waals surface area contributed by atoms with Gasteiger partial charge in [0.1, 0.15) is 23.6 Å². The number of carbonyl (C=O) groups is 3. The molecule has 1 fully saturated rings. The molecule has 6 N–H and O–H groups in total. The number of piperidine rings is 1. The number of quaternary nitrogens is 1. The van der Waals surface area contributed by atoms with E-state index >= 15 is 0 Å². The number of likely N-dealkylation sites (tertiary alicyclic amines) is 1. The first-order valence-electron chi connectivity index (χ1n) is 18.7.